The van der Waals surface area contributed by atoms with E-state index in [0.717, 1.165) is 0 Å². The zero-order valence-electron chi connectivity index (χ0n) is 8.37. The molecule has 0 aliphatic carbocycles. The molecule has 0 radical (unpaired) electrons. The second kappa shape index (κ2) is 6.50. The molecule has 2 rings (SSSR count). The number of para-hydroxylation sites is 1. The van der Waals surface area contributed by atoms with Crippen LogP contribution in [-0.4, -0.2) is 8.56 Å². The Hall–Kier alpha value is 1.48. The number of hydrogen-bond acceptors (Lipinski definition) is 4. The molecule has 1 aromatic carbocycles. The molecule has 0 bridgehead atoms. The Morgan fingerprint density at radius 2 is 1.78 bits per heavy atom. The first-order valence-electron chi connectivity index (χ1n) is 4.34. The fourth-order valence-electron chi connectivity index (χ4n) is 1.03. The zero-order valence-corrected chi connectivity index (χ0v) is 14.8. The lowest BCUT2D eigenvalue weighted by Crippen LogP contribution is -2.19. The second-order valence-electron chi connectivity index (χ2n) is 2.92. The third-order valence-electron chi connectivity index (χ3n) is 1.73. The van der Waals surface area contributed by atoms with Crippen LogP contribution in [0.3, 0.4) is 0 Å². The highest BCUT2D eigenvalue weighted by Gasteiger charge is 2.44. The molecular formula is C6H5Cl5N3OP3. The first-order chi connectivity index (χ1) is 8.42. The molecule has 0 saturated carbocycles. The van der Waals surface area contributed by atoms with Gasteiger partial charge in [-0.3, -0.25) is 0 Å². The van der Waals surface area contributed by atoms with Crippen LogP contribution in [0.5, 0.6) is 5.75 Å². The Kier molecular flexibility index (Phi) is 5.73. The van der Waals surface area contributed by atoms with Gasteiger partial charge in [-0.1, -0.05) is 29.4 Å². The number of hydrogen-bond donors (Lipinski definition) is 0. The standard InChI is InChI=1S/C6H5Cl5N3OP3/c7-13-16(8)12-18(10,11)14(17(13)9)15-6-4-2-1-3-5-6/h1-5H. The van der Waals surface area contributed by atoms with Crippen LogP contribution in [0.2, 0.25) is 0 Å². The van der Waals surface area contributed by atoms with Crippen LogP contribution in [0.25, 0.3) is 0 Å². The largest absolute Gasteiger partial charge is 0.392 e. The molecule has 1 aliphatic rings. The van der Waals surface area contributed by atoms with Crippen molar-refractivity contribution in [2.45, 2.75) is 0 Å². The van der Waals surface area contributed by atoms with Gasteiger partial charge in [0.1, 0.15) is 5.75 Å². The molecule has 0 N–H and O–H groups in total. The highest BCUT2D eigenvalue weighted by molar-refractivity contribution is 8.17. The van der Waals surface area contributed by atoms with E-state index < -0.39 is 21.1 Å². The van der Waals surface area contributed by atoms with E-state index in [4.69, 9.17) is 61.6 Å². The van der Waals surface area contributed by atoms with Crippen molar-refractivity contribution in [1.82, 2.24) is 8.56 Å². The van der Waals surface area contributed by atoms with Gasteiger partial charge in [-0.25, -0.2) is 0 Å². The summed E-state index contributed by atoms with van der Waals surface area (Å²) in [4.78, 5) is 5.55. The van der Waals surface area contributed by atoms with Gasteiger partial charge in [-0.2, -0.15) is 4.52 Å². The van der Waals surface area contributed by atoms with Crippen LogP contribution >= 0.6 is 77.8 Å². The van der Waals surface area contributed by atoms with Gasteiger partial charge in [0, 0.05) is 0 Å². The first-order valence-corrected chi connectivity index (χ1v) is 12.5. The maximum atomic E-state index is 6.15. The molecule has 12 heteroatoms. The fourth-order valence-corrected chi connectivity index (χ4v) is 12.9. The molecule has 2 unspecified atom stereocenters. The lowest BCUT2D eigenvalue weighted by Gasteiger charge is -2.36. The molecule has 18 heavy (non-hydrogen) atoms. The average Bonchev–Trinajstić information content (AvgIpc) is 2.33. The first kappa shape index (κ1) is 15.9. The van der Waals surface area contributed by atoms with E-state index in [0.29, 0.717) is 5.75 Å². The lowest BCUT2D eigenvalue weighted by atomic mass is 10.3. The Labute approximate surface area is 131 Å². The minimum atomic E-state index is -2.91. The zero-order chi connectivity index (χ0) is 13.3. The van der Waals surface area contributed by atoms with Gasteiger partial charge >= 0.3 is 0 Å². The van der Waals surface area contributed by atoms with Crippen molar-refractivity contribution in [3.8, 4) is 5.75 Å². The third kappa shape index (κ3) is 3.57. The molecule has 0 amide bonds. The van der Waals surface area contributed by atoms with Crippen LogP contribution in [0.1, 0.15) is 0 Å². The highest BCUT2D eigenvalue weighted by atomic mass is 35.9. The number of nitrogens with zero attached hydrogens (tertiary/aromatic N) is 3. The summed E-state index contributed by atoms with van der Waals surface area (Å²) in [5.74, 6) is -2.37. The number of halogens is 5. The Morgan fingerprint density at radius 3 is 2.39 bits per heavy atom. The van der Waals surface area contributed by atoms with Crippen molar-refractivity contribution >= 4 is 77.8 Å². The van der Waals surface area contributed by atoms with Gasteiger partial charge in [-0.15, -0.1) is 3.96 Å². The van der Waals surface area contributed by atoms with E-state index in [1.165, 1.54) is 8.56 Å². The molecule has 0 aromatic heterocycles. The van der Waals surface area contributed by atoms with E-state index in [1.807, 2.05) is 18.2 Å². The molecule has 1 aliphatic heterocycles. The maximum absolute atomic E-state index is 6.15. The van der Waals surface area contributed by atoms with Crippen LogP contribution in [0, 0.1) is 0 Å². The minimum absolute atomic E-state index is 0.539. The number of benzene rings is 1. The van der Waals surface area contributed by atoms with Crippen molar-refractivity contribution in [2.75, 3.05) is 0 Å². The second-order valence-corrected chi connectivity index (χ2v) is 13.6. The van der Waals surface area contributed by atoms with E-state index in [-0.39, 0.29) is 0 Å². The fraction of sp³-hybridized carbons (Fsp3) is 0. The summed E-state index contributed by atoms with van der Waals surface area (Å²) in [6.07, 6.45) is 0. The van der Waals surface area contributed by atoms with Gasteiger partial charge in [-0.05, 0) is 62.2 Å². The highest BCUT2D eigenvalue weighted by Crippen LogP contribution is 2.84. The van der Waals surface area contributed by atoms with E-state index in [2.05, 4.69) is 4.52 Å². The SMILES string of the molecule is ClN1P(Cl)N=P(Cl)(Cl)N(Oc2ccccc2)P1Cl. The topological polar surface area (TPSA) is 28.1 Å². The third-order valence-corrected chi connectivity index (χ3v) is 13.8. The Bertz CT molecular complexity index is 473. The van der Waals surface area contributed by atoms with Gasteiger partial charge in [0.2, 0.25) is 15.2 Å². The van der Waals surface area contributed by atoms with Crippen molar-refractivity contribution in [3.63, 3.8) is 0 Å². The summed E-state index contributed by atoms with van der Waals surface area (Å²) in [5, 5.41) is 0. The molecule has 100 valence electrons. The Morgan fingerprint density at radius 1 is 1.17 bits per heavy atom. The summed E-state index contributed by atoms with van der Waals surface area (Å²) in [5.41, 5.74) is 0. The minimum Gasteiger partial charge on any atom is -0.392 e. The molecule has 1 heterocycles. The summed E-state index contributed by atoms with van der Waals surface area (Å²) in [6.45, 7) is 0. The summed E-state index contributed by atoms with van der Waals surface area (Å²) in [6, 6.07) is 8.95. The smallest absolute Gasteiger partial charge is 0.250 e. The molecule has 0 saturated heterocycles. The quantitative estimate of drug-likeness (QED) is 0.388. The average molecular weight is 405 g/mol. The van der Waals surface area contributed by atoms with Gasteiger partial charge in [0.15, 0.2) is 0 Å². The maximum Gasteiger partial charge on any atom is 0.250 e. The van der Waals surface area contributed by atoms with Crippen LogP contribution in [0.15, 0.2) is 34.8 Å². The molecule has 0 fully saturated rings. The molecular weight excluding hydrogens is 400 g/mol. The summed E-state index contributed by atoms with van der Waals surface area (Å²) in [7, 11) is -3.12. The van der Waals surface area contributed by atoms with Crippen LogP contribution in [-0.2, 0) is 0 Å². The van der Waals surface area contributed by atoms with E-state index in [1.54, 1.807) is 12.1 Å². The lowest BCUT2D eigenvalue weighted by molar-refractivity contribution is 0.142. The van der Waals surface area contributed by atoms with Crippen molar-refractivity contribution in [3.05, 3.63) is 30.3 Å². The van der Waals surface area contributed by atoms with Crippen molar-refractivity contribution < 1.29 is 4.84 Å². The van der Waals surface area contributed by atoms with Gasteiger partial charge < -0.3 is 4.84 Å². The van der Waals surface area contributed by atoms with Crippen molar-refractivity contribution in [2.24, 2.45) is 4.52 Å². The van der Waals surface area contributed by atoms with Gasteiger partial charge in [0.05, 0.1) is 0 Å². The molecule has 0 spiro atoms. The monoisotopic (exact) mass is 403 g/mol. The molecule has 4 nitrogen and oxygen atoms in total. The normalized spacial score (nSPS) is 28.7. The summed E-state index contributed by atoms with van der Waals surface area (Å²) < 4.78 is 6.42. The Balaban J connectivity index is 2.28. The van der Waals surface area contributed by atoms with Crippen LogP contribution in [0.4, 0.5) is 0 Å². The van der Waals surface area contributed by atoms with E-state index >= 15 is 0 Å². The predicted molar refractivity (Wildman–Crippen MR) is 83.2 cm³/mol. The summed E-state index contributed by atoms with van der Waals surface area (Å²) >= 11 is 30.3. The van der Waals surface area contributed by atoms with Crippen LogP contribution < -0.4 is 4.84 Å². The predicted octanol–water partition coefficient (Wildman–Crippen LogP) is 7.11. The van der Waals surface area contributed by atoms with Gasteiger partial charge in [0.25, 0.3) is 5.91 Å². The molecule has 1 aromatic rings. The van der Waals surface area contributed by atoms with Crippen molar-refractivity contribution in [1.29, 1.82) is 0 Å². The van der Waals surface area contributed by atoms with E-state index in [9.17, 15) is 0 Å². The number of rotatable bonds is 2. The molecule has 2 atom stereocenters.